The lowest BCUT2D eigenvalue weighted by Gasteiger charge is -2.17. The maximum absolute atomic E-state index is 12.7. The summed E-state index contributed by atoms with van der Waals surface area (Å²) in [5, 5.41) is 12.4. The van der Waals surface area contributed by atoms with Gasteiger partial charge in [0, 0.05) is 18.5 Å². The van der Waals surface area contributed by atoms with Gasteiger partial charge in [-0.25, -0.2) is 4.39 Å². The average Bonchev–Trinajstić information content (AvgIpc) is 2.35. The highest BCUT2D eigenvalue weighted by molar-refractivity contribution is 5.85. The number of hydrogen-bond donors (Lipinski definition) is 3. The van der Waals surface area contributed by atoms with Crippen molar-refractivity contribution in [2.24, 2.45) is 11.7 Å². The zero-order valence-corrected chi connectivity index (χ0v) is 11.8. The number of aliphatic hydroxyl groups excluding tert-OH is 1. The van der Waals surface area contributed by atoms with Gasteiger partial charge in [-0.15, -0.1) is 12.4 Å². The van der Waals surface area contributed by atoms with Crippen molar-refractivity contribution in [2.45, 2.75) is 26.0 Å². The van der Waals surface area contributed by atoms with Crippen LogP contribution in [0.3, 0.4) is 0 Å². The number of benzene rings is 1. The summed E-state index contributed by atoms with van der Waals surface area (Å²) in [4.78, 5) is 11.6. The molecule has 0 spiro atoms. The van der Waals surface area contributed by atoms with Gasteiger partial charge in [-0.05, 0) is 24.6 Å². The van der Waals surface area contributed by atoms with Crippen molar-refractivity contribution in [2.75, 3.05) is 6.54 Å². The van der Waals surface area contributed by atoms with E-state index in [2.05, 4.69) is 5.32 Å². The van der Waals surface area contributed by atoms with Gasteiger partial charge >= 0.3 is 0 Å². The number of aliphatic hydroxyl groups is 1. The van der Waals surface area contributed by atoms with Crippen LogP contribution in [0.5, 0.6) is 0 Å². The Morgan fingerprint density at radius 2 is 1.89 bits per heavy atom. The predicted octanol–water partition coefficient (Wildman–Crippen LogP) is 1.38. The molecule has 4 nitrogen and oxygen atoms in total. The van der Waals surface area contributed by atoms with Gasteiger partial charge in [0.05, 0.1) is 6.10 Å². The van der Waals surface area contributed by atoms with E-state index in [1.165, 1.54) is 24.3 Å². The highest BCUT2D eigenvalue weighted by Gasteiger charge is 2.18. The number of amides is 1. The Bertz CT molecular complexity index is 398. The molecule has 0 saturated heterocycles. The molecule has 0 heterocycles. The molecule has 1 aromatic rings. The largest absolute Gasteiger partial charge is 0.387 e. The van der Waals surface area contributed by atoms with Crippen molar-refractivity contribution in [1.82, 2.24) is 5.32 Å². The van der Waals surface area contributed by atoms with Crippen LogP contribution in [-0.4, -0.2) is 23.6 Å². The lowest BCUT2D eigenvalue weighted by molar-refractivity contribution is -0.125. The van der Waals surface area contributed by atoms with E-state index < -0.39 is 6.10 Å². The Balaban J connectivity index is 0.00000324. The van der Waals surface area contributed by atoms with Gasteiger partial charge in [-0.1, -0.05) is 19.1 Å². The monoisotopic (exact) mass is 290 g/mol. The van der Waals surface area contributed by atoms with Crippen LogP contribution in [-0.2, 0) is 4.79 Å². The molecular formula is C13H20ClFN2O2. The van der Waals surface area contributed by atoms with E-state index in [9.17, 15) is 14.3 Å². The lowest BCUT2D eigenvalue weighted by atomic mass is 10.0. The fourth-order valence-electron chi connectivity index (χ4n) is 1.40. The highest BCUT2D eigenvalue weighted by atomic mass is 35.5. The zero-order valence-electron chi connectivity index (χ0n) is 11.0. The van der Waals surface area contributed by atoms with Crippen molar-refractivity contribution in [1.29, 1.82) is 0 Å². The zero-order chi connectivity index (χ0) is 13.7. The maximum atomic E-state index is 12.7. The van der Waals surface area contributed by atoms with Crippen LogP contribution in [0.4, 0.5) is 4.39 Å². The third-order valence-corrected chi connectivity index (χ3v) is 2.93. The Morgan fingerprint density at radius 1 is 1.37 bits per heavy atom. The maximum Gasteiger partial charge on any atom is 0.224 e. The SMILES string of the molecule is CC(N)C(C)C(=O)NCC(O)c1ccc(F)cc1.Cl. The summed E-state index contributed by atoms with van der Waals surface area (Å²) in [6, 6.07) is 5.27. The van der Waals surface area contributed by atoms with Crippen molar-refractivity contribution < 1.29 is 14.3 Å². The van der Waals surface area contributed by atoms with Crippen LogP contribution >= 0.6 is 12.4 Å². The molecule has 4 N–H and O–H groups in total. The van der Waals surface area contributed by atoms with Crippen LogP contribution in [0.2, 0.25) is 0 Å². The van der Waals surface area contributed by atoms with E-state index in [-0.39, 0.29) is 42.6 Å². The highest BCUT2D eigenvalue weighted by Crippen LogP contribution is 2.12. The fraction of sp³-hybridized carbons (Fsp3) is 0.462. The van der Waals surface area contributed by atoms with Crippen molar-refractivity contribution in [3.05, 3.63) is 35.6 Å². The minimum Gasteiger partial charge on any atom is -0.387 e. The Kier molecular flexibility index (Phi) is 7.59. The summed E-state index contributed by atoms with van der Waals surface area (Å²) in [7, 11) is 0. The summed E-state index contributed by atoms with van der Waals surface area (Å²) in [6.07, 6.45) is -0.852. The molecule has 0 aliphatic heterocycles. The predicted molar refractivity (Wildman–Crippen MR) is 74.4 cm³/mol. The molecule has 3 unspecified atom stereocenters. The molecule has 0 radical (unpaired) electrons. The first-order valence-electron chi connectivity index (χ1n) is 5.88. The van der Waals surface area contributed by atoms with Crippen LogP contribution in [0.1, 0.15) is 25.5 Å². The second-order valence-corrected chi connectivity index (χ2v) is 4.46. The minimum absolute atomic E-state index is 0. The van der Waals surface area contributed by atoms with Crippen molar-refractivity contribution in [3.63, 3.8) is 0 Å². The third kappa shape index (κ3) is 5.55. The Labute approximate surface area is 118 Å². The normalized spacial score (nSPS) is 15.0. The number of halogens is 2. The first kappa shape index (κ1) is 17.8. The molecular weight excluding hydrogens is 271 g/mol. The fourth-order valence-corrected chi connectivity index (χ4v) is 1.40. The number of carbonyl (C=O) groups excluding carboxylic acids is 1. The standard InChI is InChI=1S/C13H19FN2O2.ClH/c1-8(9(2)15)13(18)16-7-12(17)10-3-5-11(14)6-4-10;/h3-6,8-9,12,17H,7,15H2,1-2H3,(H,16,18);1H. The van der Waals surface area contributed by atoms with Gasteiger partial charge in [-0.2, -0.15) is 0 Å². The van der Waals surface area contributed by atoms with Crippen LogP contribution < -0.4 is 11.1 Å². The Morgan fingerprint density at radius 3 is 2.37 bits per heavy atom. The quantitative estimate of drug-likeness (QED) is 0.767. The van der Waals surface area contributed by atoms with Gasteiger partial charge in [-0.3, -0.25) is 4.79 Å². The first-order chi connectivity index (χ1) is 8.41. The van der Waals surface area contributed by atoms with Crippen LogP contribution in [0, 0.1) is 11.7 Å². The molecule has 1 amide bonds. The summed E-state index contributed by atoms with van der Waals surface area (Å²) < 4.78 is 12.7. The summed E-state index contributed by atoms with van der Waals surface area (Å²) in [6.45, 7) is 3.56. The Hall–Kier alpha value is -1.17. The third-order valence-electron chi connectivity index (χ3n) is 2.93. The molecule has 3 atom stereocenters. The molecule has 19 heavy (non-hydrogen) atoms. The first-order valence-corrected chi connectivity index (χ1v) is 5.88. The number of rotatable bonds is 5. The molecule has 0 saturated carbocycles. The van der Waals surface area contributed by atoms with E-state index in [1.807, 2.05) is 0 Å². The molecule has 108 valence electrons. The second kappa shape index (κ2) is 8.09. The van der Waals surface area contributed by atoms with Gasteiger partial charge in [0.2, 0.25) is 5.91 Å². The van der Waals surface area contributed by atoms with E-state index in [0.29, 0.717) is 5.56 Å². The van der Waals surface area contributed by atoms with E-state index in [4.69, 9.17) is 5.73 Å². The summed E-state index contributed by atoms with van der Waals surface area (Å²) in [5.41, 5.74) is 6.17. The smallest absolute Gasteiger partial charge is 0.224 e. The molecule has 1 rings (SSSR count). The van der Waals surface area contributed by atoms with Gasteiger partial charge in [0.15, 0.2) is 0 Å². The second-order valence-electron chi connectivity index (χ2n) is 4.46. The molecule has 6 heteroatoms. The molecule has 0 aliphatic rings. The van der Waals surface area contributed by atoms with E-state index >= 15 is 0 Å². The van der Waals surface area contributed by atoms with E-state index in [1.54, 1.807) is 13.8 Å². The number of nitrogens with one attached hydrogen (secondary N) is 1. The minimum atomic E-state index is -0.852. The van der Waals surface area contributed by atoms with Crippen LogP contribution in [0.25, 0.3) is 0 Å². The number of nitrogens with two attached hydrogens (primary N) is 1. The van der Waals surface area contributed by atoms with Gasteiger partial charge in [0.25, 0.3) is 0 Å². The molecule has 0 aliphatic carbocycles. The average molecular weight is 291 g/mol. The topological polar surface area (TPSA) is 75.4 Å². The van der Waals surface area contributed by atoms with Crippen LogP contribution in [0.15, 0.2) is 24.3 Å². The molecule has 0 bridgehead atoms. The summed E-state index contributed by atoms with van der Waals surface area (Å²) in [5.74, 6) is -0.878. The van der Waals surface area contributed by atoms with Gasteiger partial charge in [0.1, 0.15) is 5.82 Å². The van der Waals surface area contributed by atoms with Crippen molar-refractivity contribution >= 4 is 18.3 Å². The molecule has 0 fully saturated rings. The summed E-state index contributed by atoms with van der Waals surface area (Å²) >= 11 is 0. The molecule has 1 aromatic carbocycles. The van der Waals surface area contributed by atoms with E-state index in [0.717, 1.165) is 0 Å². The van der Waals surface area contributed by atoms with Crippen molar-refractivity contribution in [3.8, 4) is 0 Å². The lowest BCUT2D eigenvalue weighted by Crippen LogP contribution is -2.40. The number of hydrogen-bond acceptors (Lipinski definition) is 3. The molecule has 0 aromatic heterocycles. The van der Waals surface area contributed by atoms with Gasteiger partial charge < -0.3 is 16.2 Å². The number of carbonyl (C=O) groups is 1.